The number of rotatable bonds is 5. The van der Waals surface area contributed by atoms with E-state index in [2.05, 4.69) is 28.1 Å². The van der Waals surface area contributed by atoms with Crippen LogP contribution in [0.25, 0.3) is 11.6 Å². The van der Waals surface area contributed by atoms with Crippen molar-refractivity contribution in [1.82, 2.24) is 23.7 Å². The first-order valence-corrected chi connectivity index (χ1v) is 13.6. The lowest BCUT2D eigenvalue weighted by atomic mass is 9.91. The molecule has 3 aromatic rings. The molecule has 184 valence electrons. The van der Waals surface area contributed by atoms with Crippen molar-refractivity contribution in [2.45, 2.75) is 12.1 Å². The Hall–Kier alpha value is -2.56. The van der Waals surface area contributed by atoms with Gasteiger partial charge < -0.3 is 9.30 Å². The van der Waals surface area contributed by atoms with Crippen LogP contribution in [0.15, 0.2) is 49.1 Å². The number of ether oxygens (including phenoxy) is 1. The summed E-state index contributed by atoms with van der Waals surface area (Å²) in [4.78, 5) is 11.4. The van der Waals surface area contributed by atoms with Crippen LogP contribution in [0.3, 0.4) is 0 Å². The molecule has 2 unspecified atom stereocenters. The predicted molar refractivity (Wildman–Crippen MR) is 136 cm³/mol. The van der Waals surface area contributed by atoms with Gasteiger partial charge in [0.05, 0.1) is 36.2 Å². The van der Waals surface area contributed by atoms with Crippen LogP contribution in [-0.2, 0) is 21.8 Å². The fourth-order valence-electron chi connectivity index (χ4n) is 5.10. The standard InChI is InChI=1S/C25H28ClN5O3S/c1-29-16-27-15-22(29)25(34-2)21-13-17-5-4-8-28-23(17)24(19-7-6-18(26)14-20(19)21)30-9-11-31(12-10-30)35(3,32)33/h4-8,13-16,24-25H,9-12H2,1-3H3. The Labute approximate surface area is 210 Å². The molecule has 0 spiro atoms. The van der Waals surface area contributed by atoms with Gasteiger partial charge in [0.25, 0.3) is 0 Å². The first-order chi connectivity index (χ1) is 16.8. The number of nitrogens with zero attached hydrogens (tertiary/aromatic N) is 5. The lowest BCUT2D eigenvalue weighted by molar-refractivity contribution is 0.144. The molecule has 0 saturated carbocycles. The van der Waals surface area contributed by atoms with Crippen molar-refractivity contribution in [3.63, 3.8) is 0 Å². The zero-order chi connectivity index (χ0) is 24.7. The second kappa shape index (κ2) is 9.48. The monoisotopic (exact) mass is 513 g/mol. The summed E-state index contributed by atoms with van der Waals surface area (Å²) in [7, 11) is 0.415. The summed E-state index contributed by atoms with van der Waals surface area (Å²) >= 11 is 6.53. The average molecular weight is 514 g/mol. The van der Waals surface area contributed by atoms with Gasteiger partial charge in [0.15, 0.2) is 0 Å². The molecule has 0 bridgehead atoms. The van der Waals surface area contributed by atoms with E-state index < -0.39 is 10.0 Å². The second-order valence-corrected chi connectivity index (χ2v) is 11.4. The average Bonchev–Trinajstić information content (AvgIpc) is 3.20. The van der Waals surface area contributed by atoms with Gasteiger partial charge in [-0.25, -0.2) is 13.4 Å². The number of aryl methyl sites for hydroxylation is 1. The predicted octanol–water partition coefficient (Wildman–Crippen LogP) is 3.38. The summed E-state index contributed by atoms with van der Waals surface area (Å²) in [6.07, 6.45) is 8.41. The summed E-state index contributed by atoms with van der Waals surface area (Å²) in [5, 5.41) is 0.633. The van der Waals surface area contributed by atoms with E-state index >= 15 is 0 Å². The normalized spacial score (nSPS) is 20.0. The fraction of sp³-hybridized carbons (Fsp3) is 0.360. The van der Waals surface area contributed by atoms with Gasteiger partial charge in [0.2, 0.25) is 10.0 Å². The highest BCUT2D eigenvalue weighted by Crippen LogP contribution is 2.45. The minimum Gasteiger partial charge on any atom is -0.370 e. The van der Waals surface area contributed by atoms with E-state index in [4.69, 9.17) is 21.3 Å². The molecule has 1 aliphatic heterocycles. The van der Waals surface area contributed by atoms with Crippen molar-refractivity contribution in [2.24, 2.45) is 7.05 Å². The topological polar surface area (TPSA) is 80.6 Å². The number of hydrogen-bond acceptors (Lipinski definition) is 6. The van der Waals surface area contributed by atoms with E-state index in [1.54, 1.807) is 13.4 Å². The van der Waals surface area contributed by atoms with Crippen LogP contribution in [0.2, 0.25) is 5.02 Å². The van der Waals surface area contributed by atoms with Gasteiger partial charge in [0.1, 0.15) is 6.10 Å². The maximum absolute atomic E-state index is 12.1. The maximum Gasteiger partial charge on any atom is 0.211 e. The molecule has 8 nitrogen and oxygen atoms in total. The molecule has 35 heavy (non-hydrogen) atoms. The van der Waals surface area contributed by atoms with Crippen LogP contribution in [0.1, 0.15) is 40.2 Å². The molecule has 1 aliphatic carbocycles. The van der Waals surface area contributed by atoms with Crippen LogP contribution < -0.4 is 0 Å². The van der Waals surface area contributed by atoms with Gasteiger partial charge in [0, 0.05) is 51.6 Å². The number of aromatic nitrogens is 3. The van der Waals surface area contributed by atoms with Crippen molar-refractivity contribution in [3.05, 3.63) is 82.2 Å². The first-order valence-electron chi connectivity index (χ1n) is 11.4. The Morgan fingerprint density at radius 3 is 2.60 bits per heavy atom. The van der Waals surface area contributed by atoms with Gasteiger partial charge in [-0.15, -0.1) is 0 Å². The SMILES string of the molecule is COC(C1=Cc2cccnc2C(N2CCN(S(C)(=O)=O)CC2)c2ccc(Cl)cc21)c1cncn1C. The van der Waals surface area contributed by atoms with Gasteiger partial charge in [-0.1, -0.05) is 23.7 Å². The molecule has 0 N–H and O–H groups in total. The molecule has 2 aliphatic rings. The number of methoxy groups -OCH3 is 1. The molecular weight excluding hydrogens is 486 g/mol. The summed E-state index contributed by atoms with van der Waals surface area (Å²) in [5.74, 6) is 0. The largest absolute Gasteiger partial charge is 0.370 e. The van der Waals surface area contributed by atoms with Crippen LogP contribution in [0.4, 0.5) is 0 Å². The number of pyridine rings is 1. The fourth-order valence-corrected chi connectivity index (χ4v) is 6.10. The molecule has 1 aromatic carbocycles. The van der Waals surface area contributed by atoms with Crippen molar-refractivity contribution >= 4 is 33.3 Å². The number of halogens is 1. The Morgan fingerprint density at radius 1 is 1.17 bits per heavy atom. The molecule has 1 saturated heterocycles. The van der Waals surface area contributed by atoms with Crippen molar-refractivity contribution in [2.75, 3.05) is 39.5 Å². The molecule has 2 atom stereocenters. The number of benzene rings is 1. The molecule has 1 fully saturated rings. The Bertz CT molecular complexity index is 1380. The highest BCUT2D eigenvalue weighted by Gasteiger charge is 2.36. The summed E-state index contributed by atoms with van der Waals surface area (Å²) < 4.78 is 33.7. The van der Waals surface area contributed by atoms with Gasteiger partial charge in [-0.3, -0.25) is 9.88 Å². The quantitative estimate of drug-likeness (QED) is 0.520. The van der Waals surface area contributed by atoms with E-state index in [1.165, 1.54) is 10.6 Å². The van der Waals surface area contributed by atoms with Gasteiger partial charge >= 0.3 is 0 Å². The number of hydrogen-bond donors (Lipinski definition) is 0. The van der Waals surface area contributed by atoms with E-state index in [1.807, 2.05) is 42.2 Å². The molecule has 0 radical (unpaired) electrons. The Morgan fingerprint density at radius 2 is 1.94 bits per heavy atom. The number of imidazole rings is 1. The molecule has 10 heteroatoms. The number of piperazine rings is 1. The van der Waals surface area contributed by atoms with E-state index in [0.29, 0.717) is 31.2 Å². The summed E-state index contributed by atoms with van der Waals surface area (Å²) in [6, 6.07) is 9.78. The third-order valence-corrected chi connectivity index (χ3v) is 8.35. The van der Waals surface area contributed by atoms with Crippen LogP contribution in [-0.4, -0.2) is 71.7 Å². The summed E-state index contributed by atoms with van der Waals surface area (Å²) in [5.41, 5.74) is 5.87. The third kappa shape index (κ3) is 4.54. The lowest BCUT2D eigenvalue weighted by Crippen LogP contribution is -2.49. The minimum absolute atomic E-state index is 0.155. The molecule has 0 amide bonds. The third-order valence-electron chi connectivity index (χ3n) is 6.81. The van der Waals surface area contributed by atoms with Crippen molar-refractivity contribution < 1.29 is 13.2 Å². The van der Waals surface area contributed by atoms with E-state index in [-0.39, 0.29) is 12.1 Å². The first kappa shape index (κ1) is 24.1. The zero-order valence-electron chi connectivity index (χ0n) is 19.9. The smallest absolute Gasteiger partial charge is 0.211 e. The van der Waals surface area contributed by atoms with Crippen LogP contribution in [0.5, 0.6) is 0 Å². The van der Waals surface area contributed by atoms with E-state index in [0.717, 1.165) is 33.7 Å². The highest BCUT2D eigenvalue weighted by atomic mass is 35.5. The van der Waals surface area contributed by atoms with Crippen molar-refractivity contribution in [3.8, 4) is 0 Å². The van der Waals surface area contributed by atoms with Crippen LogP contribution >= 0.6 is 11.6 Å². The van der Waals surface area contributed by atoms with Gasteiger partial charge in [-0.05, 0) is 46.5 Å². The Balaban J connectivity index is 1.66. The minimum atomic E-state index is -3.23. The molecule has 5 rings (SSSR count). The van der Waals surface area contributed by atoms with Crippen LogP contribution in [0, 0.1) is 0 Å². The van der Waals surface area contributed by atoms with E-state index in [9.17, 15) is 8.42 Å². The highest BCUT2D eigenvalue weighted by molar-refractivity contribution is 7.88. The number of fused-ring (bicyclic) bond motifs is 2. The Kier molecular flexibility index (Phi) is 6.54. The molecule has 3 heterocycles. The molecule has 2 aromatic heterocycles. The van der Waals surface area contributed by atoms with Crippen molar-refractivity contribution in [1.29, 1.82) is 0 Å². The van der Waals surface area contributed by atoms with Gasteiger partial charge in [-0.2, -0.15) is 4.31 Å². The zero-order valence-corrected chi connectivity index (χ0v) is 21.5. The number of sulfonamides is 1. The lowest BCUT2D eigenvalue weighted by Gasteiger charge is -2.39. The maximum atomic E-state index is 12.1. The summed E-state index contributed by atoms with van der Waals surface area (Å²) in [6.45, 7) is 2.08. The second-order valence-electron chi connectivity index (χ2n) is 8.95. The molecular formula is C25H28ClN5O3S.